The molecule has 1 saturated carbocycles. The lowest BCUT2D eigenvalue weighted by Crippen LogP contribution is -2.36. The topological polar surface area (TPSA) is 41.6 Å². The first-order chi connectivity index (χ1) is 8.75. The molecular formula is C14H26N2O2. The van der Waals surface area contributed by atoms with Gasteiger partial charge in [0, 0.05) is 13.6 Å². The summed E-state index contributed by atoms with van der Waals surface area (Å²) < 4.78 is 5.76. The van der Waals surface area contributed by atoms with Crippen molar-refractivity contribution >= 4 is 5.91 Å². The van der Waals surface area contributed by atoms with E-state index in [1.54, 1.807) is 0 Å². The molecule has 0 aromatic heterocycles. The molecule has 4 nitrogen and oxygen atoms in total. The highest BCUT2D eigenvalue weighted by Gasteiger charge is 2.21. The van der Waals surface area contributed by atoms with E-state index in [0.29, 0.717) is 19.1 Å². The van der Waals surface area contributed by atoms with Crippen LogP contribution in [0.1, 0.15) is 38.5 Å². The van der Waals surface area contributed by atoms with Crippen LogP contribution >= 0.6 is 0 Å². The summed E-state index contributed by atoms with van der Waals surface area (Å²) >= 11 is 0. The molecule has 2 fully saturated rings. The van der Waals surface area contributed by atoms with E-state index in [9.17, 15) is 4.79 Å². The van der Waals surface area contributed by atoms with Gasteiger partial charge in [0.2, 0.25) is 5.91 Å². The van der Waals surface area contributed by atoms with Crippen molar-refractivity contribution in [3.63, 3.8) is 0 Å². The molecule has 1 heterocycles. The molecule has 0 atom stereocenters. The Morgan fingerprint density at radius 1 is 1.28 bits per heavy atom. The first-order valence-corrected chi connectivity index (χ1v) is 7.32. The Kier molecular flexibility index (Phi) is 5.45. The Bertz CT molecular complexity index is 261. The fraction of sp³-hybridized carbons (Fsp3) is 0.929. The fourth-order valence-corrected chi connectivity index (χ4v) is 2.63. The highest BCUT2D eigenvalue weighted by atomic mass is 16.5. The quantitative estimate of drug-likeness (QED) is 0.779. The summed E-state index contributed by atoms with van der Waals surface area (Å²) in [4.78, 5) is 13.8. The third-order valence-corrected chi connectivity index (χ3v) is 4.14. The van der Waals surface area contributed by atoms with Gasteiger partial charge in [-0.05, 0) is 44.7 Å². The first-order valence-electron chi connectivity index (χ1n) is 7.32. The number of nitrogens with one attached hydrogen (secondary N) is 1. The van der Waals surface area contributed by atoms with Gasteiger partial charge in [-0.15, -0.1) is 0 Å². The van der Waals surface area contributed by atoms with Crippen molar-refractivity contribution in [1.82, 2.24) is 10.2 Å². The SMILES string of the molecule is CN(CC1CCC1)C(=O)CCOC1CCNCC1. The molecule has 104 valence electrons. The molecule has 2 aliphatic rings. The second-order valence-corrected chi connectivity index (χ2v) is 5.64. The number of piperidine rings is 1. The monoisotopic (exact) mass is 254 g/mol. The van der Waals surface area contributed by atoms with E-state index in [1.807, 2.05) is 11.9 Å². The Labute approximate surface area is 110 Å². The van der Waals surface area contributed by atoms with Crippen molar-refractivity contribution < 1.29 is 9.53 Å². The van der Waals surface area contributed by atoms with E-state index >= 15 is 0 Å². The third-order valence-electron chi connectivity index (χ3n) is 4.14. The number of nitrogens with zero attached hydrogens (tertiary/aromatic N) is 1. The van der Waals surface area contributed by atoms with Crippen LogP contribution in [-0.2, 0) is 9.53 Å². The molecular weight excluding hydrogens is 228 g/mol. The maximum absolute atomic E-state index is 11.9. The average molecular weight is 254 g/mol. The summed E-state index contributed by atoms with van der Waals surface area (Å²) in [5, 5.41) is 3.31. The summed E-state index contributed by atoms with van der Waals surface area (Å²) in [5.41, 5.74) is 0. The molecule has 18 heavy (non-hydrogen) atoms. The minimum Gasteiger partial charge on any atom is -0.378 e. The maximum Gasteiger partial charge on any atom is 0.224 e. The molecule has 0 spiro atoms. The normalized spacial score (nSPS) is 21.6. The number of carbonyl (C=O) groups excluding carboxylic acids is 1. The molecule has 0 unspecified atom stereocenters. The Balaban J connectivity index is 1.55. The fourth-order valence-electron chi connectivity index (χ4n) is 2.63. The van der Waals surface area contributed by atoms with Crippen molar-refractivity contribution in [2.24, 2.45) is 5.92 Å². The summed E-state index contributed by atoms with van der Waals surface area (Å²) in [7, 11) is 1.92. The van der Waals surface area contributed by atoms with Crippen LogP contribution in [0, 0.1) is 5.92 Å². The number of carbonyl (C=O) groups is 1. The van der Waals surface area contributed by atoms with Gasteiger partial charge in [-0.2, -0.15) is 0 Å². The van der Waals surface area contributed by atoms with Gasteiger partial charge in [0.1, 0.15) is 0 Å². The Morgan fingerprint density at radius 3 is 2.61 bits per heavy atom. The van der Waals surface area contributed by atoms with E-state index in [1.165, 1.54) is 19.3 Å². The van der Waals surface area contributed by atoms with Gasteiger partial charge in [-0.25, -0.2) is 0 Å². The molecule has 0 aromatic rings. The highest BCUT2D eigenvalue weighted by Crippen LogP contribution is 2.26. The van der Waals surface area contributed by atoms with Gasteiger partial charge in [0.25, 0.3) is 0 Å². The standard InChI is InChI=1S/C14H26N2O2/c1-16(11-12-3-2-4-12)14(17)7-10-18-13-5-8-15-9-6-13/h12-13,15H,2-11H2,1H3. The van der Waals surface area contributed by atoms with E-state index in [4.69, 9.17) is 4.74 Å². The van der Waals surface area contributed by atoms with E-state index in [-0.39, 0.29) is 5.91 Å². The molecule has 1 saturated heterocycles. The van der Waals surface area contributed by atoms with Crippen LogP contribution in [0.15, 0.2) is 0 Å². The zero-order valence-corrected chi connectivity index (χ0v) is 11.5. The van der Waals surface area contributed by atoms with Crippen molar-refractivity contribution in [2.45, 2.75) is 44.6 Å². The average Bonchev–Trinajstić information content (AvgIpc) is 2.34. The second-order valence-electron chi connectivity index (χ2n) is 5.64. The molecule has 1 N–H and O–H groups in total. The van der Waals surface area contributed by atoms with Crippen molar-refractivity contribution in [2.75, 3.05) is 33.3 Å². The van der Waals surface area contributed by atoms with Crippen molar-refractivity contribution in [1.29, 1.82) is 0 Å². The summed E-state index contributed by atoms with van der Waals surface area (Å²) in [6.07, 6.45) is 6.97. The lowest BCUT2D eigenvalue weighted by atomic mass is 9.85. The number of ether oxygens (including phenoxy) is 1. The number of hydrogen-bond acceptors (Lipinski definition) is 3. The van der Waals surface area contributed by atoms with E-state index < -0.39 is 0 Å². The number of amides is 1. The van der Waals surface area contributed by atoms with Crippen molar-refractivity contribution in [3.8, 4) is 0 Å². The molecule has 2 rings (SSSR count). The minimum absolute atomic E-state index is 0.232. The van der Waals surface area contributed by atoms with Gasteiger partial charge >= 0.3 is 0 Å². The van der Waals surface area contributed by atoms with Crippen LogP contribution in [0.2, 0.25) is 0 Å². The summed E-state index contributed by atoms with van der Waals surface area (Å²) in [6, 6.07) is 0. The van der Waals surface area contributed by atoms with Crippen LogP contribution in [0.25, 0.3) is 0 Å². The summed E-state index contributed by atoms with van der Waals surface area (Å²) in [6.45, 7) is 3.60. The highest BCUT2D eigenvalue weighted by molar-refractivity contribution is 5.75. The Hall–Kier alpha value is -0.610. The van der Waals surface area contributed by atoms with Gasteiger partial charge in [0.15, 0.2) is 0 Å². The lowest BCUT2D eigenvalue weighted by Gasteiger charge is -2.30. The molecule has 1 amide bonds. The van der Waals surface area contributed by atoms with Crippen LogP contribution in [0.5, 0.6) is 0 Å². The number of hydrogen-bond donors (Lipinski definition) is 1. The Morgan fingerprint density at radius 2 is 2.00 bits per heavy atom. The molecule has 1 aliphatic carbocycles. The van der Waals surface area contributed by atoms with E-state index in [0.717, 1.165) is 38.4 Å². The second kappa shape index (κ2) is 7.10. The van der Waals surface area contributed by atoms with Crippen LogP contribution < -0.4 is 5.32 Å². The molecule has 4 heteroatoms. The summed E-state index contributed by atoms with van der Waals surface area (Å²) in [5.74, 6) is 0.986. The van der Waals surface area contributed by atoms with Crippen LogP contribution in [0.3, 0.4) is 0 Å². The van der Waals surface area contributed by atoms with Crippen LogP contribution in [0.4, 0.5) is 0 Å². The van der Waals surface area contributed by atoms with Crippen molar-refractivity contribution in [3.05, 3.63) is 0 Å². The van der Waals surface area contributed by atoms with Crippen LogP contribution in [-0.4, -0.2) is 50.2 Å². The first kappa shape index (κ1) is 13.8. The smallest absolute Gasteiger partial charge is 0.224 e. The molecule has 0 radical (unpaired) electrons. The largest absolute Gasteiger partial charge is 0.378 e. The predicted octanol–water partition coefficient (Wildman–Crippen LogP) is 1.40. The molecule has 0 aromatic carbocycles. The number of rotatable bonds is 6. The van der Waals surface area contributed by atoms with Gasteiger partial charge < -0.3 is 15.0 Å². The maximum atomic E-state index is 11.9. The van der Waals surface area contributed by atoms with Gasteiger partial charge in [-0.3, -0.25) is 4.79 Å². The zero-order chi connectivity index (χ0) is 12.8. The molecule has 1 aliphatic heterocycles. The predicted molar refractivity (Wildman–Crippen MR) is 71.4 cm³/mol. The van der Waals surface area contributed by atoms with E-state index in [2.05, 4.69) is 5.32 Å². The lowest BCUT2D eigenvalue weighted by molar-refractivity contribution is -0.132. The van der Waals surface area contributed by atoms with Gasteiger partial charge in [0.05, 0.1) is 19.1 Å². The molecule has 0 bridgehead atoms. The minimum atomic E-state index is 0.232. The zero-order valence-electron chi connectivity index (χ0n) is 11.5. The van der Waals surface area contributed by atoms with Gasteiger partial charge in [-0.1, -0.05) is 6.42 Å². The third kappa shape index (κ3) is 4.25.